The van der Waals surface area contributed by atoms with Gasteiger partial charge in [-0.3, -0.25) is 14.4 Å². The van der Waals surface area contributed by atoms with Crippen LogP contribution in [0.2, 0.25) is 0 Å². The van der Waals surface area contributed by atoms with Crippen LogP contribution in [0.3, 0.4) is 0 Å². The van der Waals surface area contributed by atoms with Crippen molar-refractivity contribution in [2.45, 2.75) is 70.6 Å². The number of hydrogen-bond acceptors (Lipinski definition) is 6. The van der Waals surface area contributed by atoms with Crippen LogP contribution in [-0.2, 0) is 19.1 Å². The van der Waals surface area contributed by atoms with Crippen molar-refractivity contribution in [2.75, 3.05) is 39.3 Å². The lowest BCUT2D eigenvalue weighted by Gasteiger charge is -2.36. The van der Waals surface area contributed by atoms with Gasteiger partial charge in [-0.05, 0) is 38.9 Å². The van der Waals surface area contributed by atoms with Crippen molar-refractivity contribution in [3.63, 3.8) is 0 Å². The molecule has 0 aliphatic heterocycles. The van der Waals surface area contributed by atoms with Gasteiger partial charge in [-0.25, -0.2) is 0 Å². The fraction of sp³-hybridized carbons (Fsp3) is 0.850. The average Bonchev–Trinajstić information content (AvgIpc) is 2.67. The van der Waals surface area contributed by atoms with E-state index in [0.717, 1.165) is 12.2 Å². The number of hydrogen-bond donors (Lipinski definition) is 2. The highest BCUT2D eigenvalue weighted by molar-refractivity contribution is 7.99. The fourth-order valence-electron chi connectivity index (χ4n) is 2.79. The second-order valence-corrected chi connectivity index (χ2v) is 8.96. The largest absolute Gasteiger partial charge is 0.396 e. The van der Waals surface area contributed by atoms with Gasteiger partial charge >= 0.3 is 0 Å². The number of aliphatic hydroxyl groups excluding tert-OH is 1. The minimum atomic E-state index is -0.839. The molecular formula is C20H39N3O5S. The van der Waals surface area contributed by atoms with E-state index in [0.29, 0.717) is 25.0 Å². The quantitative estimate of drug-likeness (QED) is 0.376. The molecule has 0 saturated heterocycles. The van der Waals surface area contributed by atoms with Gasteiger partial charge in [-0.1, -0.05) is 6.92 Å². The third-order valence-corrected chi connectivity index (χ3v) is 6.09. The van der Waals surface area contributed by atoms with Crippen LogP contribution in [0.5, 0.6) is 0 Å². The first-order chi connectivity index (χ1) is 13.5. The normalized spacial score (nSPS) is 13.6. The highest BCUT2D eigenvalue weighted by atomic mass is 32.2. The Balaban J connectivity index is 5.44. The molecule has 0 heterocycles. The van der Waals surface area contributed by atoms with E-state index in [1.807, 2.05) is 20.8 Å². The van der Waals surface area contributed by atoms with Gasteiger partial charge in [0.05, 0.1) is 5.60 Å². The molecule has 0 aromatic carbocycles. The Morgan fingerprint density at radius 3 is 2.24 bits per heavy atom. The van der Waals surface area contributed by atoms with Crippen LogP contribution >= 0.6 is 11.8 Å². The number of amides is 3. The number of unbranched alkanes of at least 4 members (excludes halogenated alkanes) is 1. The Bertz CT molecular complexity index is 530. The summed E-state index contributed by atoms with van der Waals surface area (Å²) in [4.78, 5) is 40.6. The van der Waals surface area contributed by atoms with E-state index in [2.05, 4.69) is 0 Å². The SMILES string of the molecule is CCCC(=O)N(C)[C@H](CSCCCCO)C(=O)N(C)[C@@H](CC(C)(C)OC)C(N)=O. The van der Waals surface area contributed by atoms with Gasteiger partial charge in [0.2, 0.25) is 17.7 Å². The smallest absolute Gasteiger partial charge is 0.246 e. The highest BCUT2D eigenvalue weighted by Gasteiger charge is 2.36. The Labute approximate surface area is 179 Å². The van der Waals surface area contributed by atoms with Gasteiger partial charge in [-0.2, -0.15) is 11.8 Å². The lowest BCUT2D eigenvalue weighted by atomic mass is 9.97. The van der Waals surface area contributed by atoms with E-state index >= 15 is 0 Å². The first-order valence-corrected chi connectivity index (χ1v) is 11.2. The lowest BCUT2D eigenvalue weighted by Crippen LogP contribution is -2.56. The topological polar surface area (TPSA) is 113 Å². The van der Waals surface area contributed by atoms with E-state index in [-0.39, 0.29) is 24.8 Å². The van der Waals surface area contributed by atoms with Crippen molar-refractivity contribution < 1.29 is 24.2 Å². The first kappa shape index (κ1) is 27.7. The second-order valence-electron chi connectivity index (χ2n) is 7.81. The number of carbonyl (C=O) groups is 3. The summed E-state index contributed by atoms with van der Waals surface area (Å²) in [6.45, 7) is 5.70. The third-order valence-electron chi connectivity index (χ3n) is 4.96. The first-order valence-electron chi connectivity index (χ1n) is 10.1. The fourth-order valence-corrected chi connectivity index (χ4v) is 3.95. The standard InChI is InChI=1S/C20H39N3O5S/c1-7-10-17(25)22(4)16(14-29-12-9-8-11-24)19(27)23(5)15(18(21)26)13-20(2,3)28-6/h15-16,24H,7-14H2,1-6H3,(H2,21,26)/t15-,16+/m0/s1. The number of ether oxygens (including phenoxy) is 1. The lowest BCUT2D eigenvalue weighted by molar-refractivity contribution is -0.147. The van der Waals surface area contributed by atoms with E-state index in [1.54, 1.807) is 33.0 Å². The Kier molecular flexibility index (Phi) is 13.2. The molecular weight excluding hydrogens is 394 g/mol. The number of carbonyl (C=O) groups excluding carboxylic acids is 3. The number of aliphatic hydroxyl groups is 1. The molecule has 0 spiro atoms. The predicted molar refractivity (Wildman–Crippen MR) is 117 cm³/mol. The average molecular weight is 434 g/mol. The predicted octanol–water partition coefficient (Wildman–Crippen LogP) is 1.25. The molecule has 0 aliphatic rings. The molecule has 8 nitrogen and oxygen atoms in total. The monoisotopic (exact) mass is 433 g/mol. The minimum Gasteiger partial charge on any atom is -0.396 e. The van der Waals surface area contributed by atoms with Crippen molar-refractivity contribution in [1.29, 1.82) is 0 Å². The van der Waals surface area contributed by atoms with Crippen LogP contribution in [0.25, 0.3) is 0 Å². The summed E-state index contributed by atoms with van der Waals surface area (Å²) in [5.41, 5.74) is 4.95. The number of methoxy groups -OCH3 is 1. The molecule has 0 rings (SSSR count). The Morgan fingerprint density at radius 2 is 1.76 bits per heavy atom. The molecule has 0 radical (unpaired) electrons. The zero-order valence-electron chi connectivity index (χ0n) is 18.8. The summed E-state index contributed by atoms with van der Waals surface area (Å²) in [6, 6.07) is -1.53. The van der Waals surface area contributed by atoms with Crippen LogP contribution in [0.15, 0.2) is 0 Å². The van der Waals surface area contributed by atoms with Crippen LogP contribution < -0.4 is 5.73 Å². The molecule has 9 heteroatoms. The molecule has 3 N–H and O–H groups in total. The molecule has 0 aliphatic carbocycles. The van der Waals surface area contributed by atoms with Gasteiger partial charge in [-0.15, -0.1) is 0 Å². The number of likely N-dealkylation sites (N-methyl/N-ethyl adjacent to an activating group) is 2. The number of nitrogens with zero attached hydrogens (tertiary/aromatic N) is 2. The van der Waals surface area contributed by atoms with Crippen LogP contribution in [0.1, 0.15) is 52.9 Å². The third kappa shape index (κ3) is 9.82. The summed E-state index contributed by atoms with van der Waals surface area (Å²) in [5, 5.41) is 8.91. The molecule has 3 amide bonds. The van der Waals surface area contributed by atoms with Gasteiger partial charge in [0, 0.05) is 46.4 Å². The number of rotatable bonds is 15. The number of primary amides is 1. The Morgan fingerprint density at radius 1 is 1.14 bits per heavy atom. The van der Waals surface area contributed by atoms with Gasteiger partial charge in [0.1, 0.15) is 12.1 Å². The number of thioether (sulfide) groups is 1. The summed E-state index contributed by atoms with van der Waals surface area (Å²) < 4.78 is 5.39. The summed E-state index contributed by atoms with van der Waals surface area (Å²) in [6.07, 6.45) is 2.83. The van der Waals surface area contributed by atoms with E-state index in [1.165, 1.54) is 9.80 Å². The van der Waals surface area contributed by atoms with E-state index < -0.39 is 23.6 Å². The molecule has 29 heavy (non-hydrogen) atoms. The minimum absolute atomic E-state index is 0.108. The molecule has 0 fully saturated rings. The van der Waals surface area contributed by atoms with Crippen LogP contribution in [0, 0.1) is 0 Å². The molecule has 0 unspecified atom stereocenters. The molecule has 0 aromatic rings. The Hall–Kier alpha value is -1.32. The summed E-state index contributed by atoms with van der Waals surface area (Å²) in [7, 11) is 4.72. The van der Waals surface area contributed by atoms with Gasteiger partial charge < -0.3 is 25.4 Å². The zero-order valence-corrected chi connectivity index (χ0v) is 19.6. The molecule has 170 valence electrons. The maximum atomic E-state index is 13.3. The van der Waals surface area contributed by atoms with Gasteiger partial charge in [0.15, 0.2) is 0 Å². The highest BCUT2D eigenvalue weighted by Crippen LogP contribution is 2.21. The van der Waals surface area contributed by atoms with Crippen molar-refractivity contribution in [3.05, 3.63) is 0 Å². The maximum Gasteiger partial charge on any atom is 0.246 e. The van der Waals surface area contributed by atoms with E-state index in [9.17, 15) is 14.4 Å². The molecule has 0 bridgehead atoms. The van der Waals surface area contributed by atoms with E-state index in [4.69, 9.17) is 15.6 Å². The van der Waals surface area contributed by atoms with Crippen molar-refractivity contribution in [1.82, 2.24) is 9.80 Å². The second kappa shape index (κ2) is 13.8. The van der Waals surface area contributed by atoms with Crippen molar-refractivity contribution >= 4 is 29.5 Å². The summed E-state index contributed by atoms with van der Waals surface area (Å²) in [5.74, 6) is 0.160. The molecule has 0 saturated carbocycles. The van der Waals surface area contributed by atoms with Crippen molar-refractivity contribution in [2.24, 2.45) is 5.73 Å². The van der Waals surface area contributed by atoms with Crippen LogP contribution in [-0.4, -0.2) is 89.6 Å². The van der Waals surface area contributed by atoms with Crippen molar-refractivity contribution in [3.8, 4) is 0 Å². The molecule has 2 atom stereocenters. The summed E-state index contributed by atoms with van der Waals surface area (Å²) >= 11 is 1.56. The zero-order chi connectivity index (χ0) is 22.6. The van der Waals surface area contributed by atoms with Gasteiger partial charge in [0.25, 0.3) is 0 Å². The molecule has 0 aromatic heterocycles. The maximum absolute atomic E-state index is 13.3. The van der Waals surface area contributed by atoms with Crippen LogP contribution in [0.4, 0.5) is 0 Å². The number of nitrogens with two attached hydrogens (primary N) is 1.